The summed E-state index contributed by atoms with van der Waals surface area (Å²) in [6, 6.07) is 31.5. The molecule has 0 aromatic heterocycles. The average Bonchev–Trinajstić information content (AvgIpc) is 3.32. The van der Waals surface area contributed by atoms with Crippen LogP contribution in [0, 0.1) is 6.92 Å². The fourth-order valence-corrected chi connectivity index (χ4v) is 6.11. The minimum atomic E-state index is -2.05. The molecule has 0 unspecified atom stereocenters. The number of benzene rings is 4. The van der Waals surface area contributed by atoms with Gasteiger partial charge in [-0.1, -0.05) is 84.4 Å². The maximum Gasteiger partial charge on any atom is 0.355 e. The van der Waals surface area contributed by atoms with E-state index in [9.17, 15) is 9.59 Å². The number of carbonyl (C=O) groups is 3. The second-order valence-corrected chi connectivity index (χ2v) is 11.1. The molecule has 1 amide bonds. The van der Waals surface area contributed by atoms with Crippen molar-refractivity contribution in [3.05, 3.63) is 143 Å². The summed E-state index contributed by atoms with van der Waals surface area (Å²) >= 11 is 0. The molecule has 0 fully saturated rings. The number of anilines is 2. The summed E-state index contributed by atoms with van der Waals surface area (Å²) in [5.74, 6) is -1.69. The third kappa shape index (κ3) is 5.55. The molecule has 238 valence electrons. The van der Waals surface area contributed by atoms with Crippen LogP contribution >= 0.6 is 0 Å². The van der Waals surface area contributed by atoms with Gasteiger partial charge in [0, 0.05) is 11.3 Å². The Morgan fingerprint density at radius 3 is 2.15 bits per heavy atom. The molecule has 47 heavy (non-hydrogen) atoms. The van der Waals surface area contributed by atoms with Gasteiger partial charge in [0.05, 0.1) is 33.6 Å². The molecule has 4 aromatic rings. The van der Waals surface area contributed by atoms with E-state index in [0.717, 1.165) is 16.7 Å². The Morgan fingerprint density at radius 2 is 1.51 bits per heavy atom. The number of rotatable bonds is 8. The first-order valence-corrected chi connectivity index (χ1v) is 15.0. The third-order valence-corrected chi connectivity index (χ3v) is 8.31. The number of esters is 2. The summed E-state index contributed by atoms with van der Waals surface area (Å²) < 4.78 is 23.0. The SMILES string of the molecule is COC(=O)C1=C(C(=O)OC)[C@]2(O[C@@H](/C=C/c3ccccc3)N1c1ccc(OC)cc1)C(=O)N(Cc1ccccc1)c1ccc(C)cc12. The van der Waals surface area contributed by atoms with E-state index >= 15 is 4.79 Å². The van der Waals surface area contributed by atoms with Crippen LogP contribution in [-0.4, -0.2) is 45.4 Å². The van der Waals surface area contributed by atoms with Gasteiger partial charge >= 0.3 is 11.9 Å². The van der Waals surface area contributed by atoms with Crippen molar-refractivity contribution < 1.29 is 33.3 Å². The largest absolute Gasteiger partial charge is 0.497 e. The Hall–Kier alpha value is -5.67. The number of amides is 1. The second-order valence-electron chi connectivity index (χ2n) is 11.1. The highest BCUT2D eigenvalue weighted by molar-refractivity contribution is 6.17. The topological polar surface area (TPSA) is 94.6 Å². The van der Waals surface area contributed by atoms with Crippen LogP contribution in [0.4, 0.5) is 11.4 Å². The van der Waals surface area contributed by atoms with Crippen LogP contribution in [0.15, 0.2) is 120 Å². The molecule has 0 bridgehead atoms. The van der Waals surface area contributed by atoms with Crippen LogP contribution in [0.5, 0.6) is 5.75 Å². The monoisotopic (exact) mass is 630 g/mol. The van der Waals surface area contributed by atoms with Crippen LogP contribution in [0.2, 0.25) is 0 Å². The molecule has 2 atom stereocenters. The molecular formula is C38H34N2O7. The Bertz CT molecular complexity index is 1870. The highest BCUT2D eigenvalue weighted by Crippen LogP contribution is 2.53. The van der Waals surface area contributed by atoms with Crippen molar-refractivity contribution in [1.29, 1.82) is 0 Å². The minimum absolute atomic E-state index is 0.180. The predicted molar refractivity (Wildman–Crippen MR) is 177 cm³/mol. The summed E-state index contributed by atoms with van der Waals surface area (Å²) in [4.78, 5) is 46.2. The third-order valence-electron chi connectivity index (χ3n) is 8.31. The Balaban J connectivity index is 1.66. The summed E-state index contributed by atoms with van der Waals surface area (Å²) in [6.07, 6.45) is 2.52. The molecule has 9 nitrogen and oxygen atoms in total. The molecule has 0 aliphatic carbocycles. The summed E-state index contributed by atoms with van der Waals surface area (Å²) in [6.45, 7) is 2.09. The first-order valence-electron chi connectivity index (χ1n) is 15.0. The van der Waals surface area contributed by atoms with Crippen molar-refractivity contribution in [3.63, 3.8) is 0 Å². The minimum Gasteiger partial charge on any atom is -0.497 e. The van der Waals surface area contributed by atoms with E-state index in [1.807, 2.05) is 91.9 Å². The molecule has 4 aromatic carbocycles. The molecule has 6 rings (SSSR count). The van der Waals surface area contributed by atoms with E-state index in [2.05, 4.69) is 0 Å². The van der Waals surface area contributed by atoms with Gasteiger partial charge in [-0.15, -0.1) is 0 Å². The van der Waals surface area contributed by atoms with Crippen LogP contribution in [0.3, 0.4) is 0 Å². The van der Waals surface area contributed by atoms with E-state index in [4.69, 9.17) is 18.9 Å². The zero-order chi connectivity index (χ0) is 33.1. The van der Waals surface area contributed by atoms with Gasteiger partial charge in [-0.3, -0.25) is 4.79 Å². The van der Waals surface area contributed by atoms with E-state index in [-0.39, 0.29) is 17.8 Å². The normalized spacial score (nSPS) is 18.9. The number of hydrogen-bond donors (Lipinski definition) is 0. The Morgan fingerprint density at radius 1 is 0.851 bits per heavy atom. The second kappa shape index (κ2) is 13.0. The molecule has 0 N–H and O–H groups in total. The van der Waals surface area contributed by atoms with Crippen LogP contribution in [0.1, 0.15) is 22.3 Å². The summed E-state index contributed by atoms with van der Waals surface area (Å²) in [7, 11) is 3.98. The van der Waals surface area contributed by atoms with Crippen LogP contribution in [-0.2, 0) is 40.7 Å². The van der Waals surface area contributed by atoms with Crippen LogP contribution in [0.25, 0.3) is 6.08 Å². The lowest BCUT2D eigenvalue weighted by Crippen LogP contribution is -2.57. The molecule has 0 radical (unpaired) electrons. The standard InChI is InChI=1S/C38H34N2O7/c1-25-15-21-31-30(23-25)38(37(43)39(31)24-27-13-9-6-10-14-27)33(35(41)45-3)34(36(42)46-4)40(28-17-19-29(44-2)20-18-28)32(47-38)22-16-26-11-7-5-8-12-26/h5-23,32H,24H2,1-4H3/b22-16+/t32-,38-/m0/s1. The zero-order valence-electron chi connectivity index (χ0n) is 26.5. The van der Waals surface area contributed by atoms with Crippen molar-refractivity contribution in [1.82, 2.24) is 0 Å². The summed E-state index contributed by atoms with van der Waals surface area (Å²) in [5.41, 5.74) is 1.52. The lowest BCUT2D eigenvalue weighted by molar-refractivity contribution is -0.156. The summed E-state index contributed by atoms with van der Waals surface area (Å²) in [5, 5.41) is 0. The highest BCUT2D eigenvalue weighted by atomic mass is 16.6. The Kier molecular flexibility index (Phi) is 8.65. The first-order chi connectivity index (χ1) is 22.8. The van der Waals surface area contributed by atoms with E-state index < -0.39 is 29.7 Å². The van der Waals surface area contributed by atoms with E-state index in [1.54, 1.807) is 47.3 Å². The van der Waals surface area contributed by atoms with Gasteiger partial charge in [0.1, 0.15) is 17.0 Å². The molecule has 2 aliphatic heterocycles. The molecule has 9 heteroatoms. The van der Waals surface area contributed by atoms with E-state index in [0.29, 0.717) is 22.7 Å². The number of hydrogen-bond acceptors (Lipinski definition) is 8. The van der Waals surface area contributed by atoms with Gasteiger partial charge in [0.15, 0.2) is 6.23 Å². The fraction of sp³-hybridized carbons (Fsp3) is 0.184. The maximum absolute atomic E-state index is 15.0. The smallest absolute Gasteiger partial charge is 0.355 e. The molecule has 2 aliphatic rings. The zero-order valence-corrected chi connectivity index (χ0v) is 26.5. The highest BCUT2D eigenvalue weighted by Gasteiger charge is 2.63. The van der Waals surface area contributed by atoms with Crippen molar-refractivity contribution in [2.45, 2.75) is 25.3 Å². The number of ether oxygens (including phenoxy) is 4. The van der Waals surface area contributed by atoms with Crippen molar-refractivity contribution in [3.8, 4) is 5.75 Å². The lowest BCUT2D eigenvalue weighted by Gasteiger charge is -2.45. The van der Waals surface area contributed by atoms with E-state index in [1.165, 1.54) is 14.2 Å². The number of carbonyl (C=O) groups excluding carboxylic acids is 3. The molecule has 1 spiro atoms. The molecular weight excluding hydrogens is 596 g/mol. The van der Waals surface area contributed by atoms with Crippen molar-refractivity contribution in [2.24, 2.45) is 0 Å². The average molecular weight is 631 g/mol. The lowest BCUT2D eigenvalue weighted by atomic mass is 9.82. The first kappa shape index (κ1) is 31.3. The van der Waals surface area contributed by atoms with Gasteiger partial charge in [-0.2, -0.15) is 0 Å². The number of aryl methyl sites for hydroxylation is 1. The number of fused-ring (bicyclic) bond motifs is 2. The quantitative estimate of drug-likeness (QED) is 0.222. The van der Waals surface area contributed by atoms with Gasteiger partial charge < -0.3 is 28.7 Å². The number of methoxy groups -OCH3 is 3. The fourth-order valence-electron chi connectivity index (χ4n) is 6.11. The Labute approximate surface area is 273 Å². The molecule has 0 saturated carbocycles. The van der Waals surface area contributed by atoms with Gasteiger partial charge in [-0.25, -0.2) is 9.59 Å². The van der Waals surface area contributed by atoms with Gasteiger partial charge in [-0.05, 0) is 54.5 Å². The van der Waals surface area contributed by atoms with Gasteiger partial charge in [0.2, 0.25) is 5.60 Å². The van der Waals surface area contributed by atoms with Crippen molar-refractivity contribution >= 4 is 35.3 Å². The van der Waals surface area contributed by atoms with Crippen molar-refractivity contribution in [2.75, 3.05) is 31.1 Å². The molecule has 0 saturated heterocycles. The number of nitrogens with zero attached hydrogens (tertiary/aromatic N) is 2. The maximum atomic E-state index is 15.0. The molecule has 2 heterocycles. The predicted octanol–water partition coefficient (Wildman–Crippen LogP) is 5.92. The van der Waals surface area contributed by atoms with Crippen LogP contribution < -0.4 is 14.5 Å². The van der Waals surface area contributed by atoms with Gasteiger partial charge in [0.25, 0.3) is 5.91 Å².